The lowest BCUT2D eigenvalue weighted by Gasteiger charge is -2.13. The van der Waals surface area contributed by atoms with E-state index in [9.17, 15) is 8.78 Å². The van der Waals surface area contributed by atoms with E-state index < -0.39 is 6.61 Å². The number of nitrogens with zero attached hydrogens (tertiary/aromatic N) is 2. The number of ether oxygens (including phenoxy) is 1. The van der Waals surface area contributed by atoms with Gasteiger partial charge in [0.05, 0.1) is 24.1 Å². The van der Waals surface area contributed by atoms with Gasteiger partial charge in [0.25, 0.3) is 0 Å². The molecule has 0 saturated carbocycles. The largest absolute Gasteiger partial charge is 0.433 e. The number of alkyl halides is 2. The fourth-order valence-electron chi connectivity index (χ4n) is 2.34. The Morgan fingerprint density at radius 2 is 1.81 bits per heavy atom. The van der Waals surface area contributed by atoms with Crippen molar-refractivity contribution in [1.82, 2.24) is 9.78 Å². The van der Waals surface area contributed by atoms with Crippen molar-refractivity contribution in [3.8, 4) is 5.75 Å². The summed E-state index contributed by atoms with van der Waals surface area (Å²) in [6, 6.07) is 16.3. The summed E-state index contributed by atoms with van der Waals surface area (Å²) in [6.07, 6.45) is 3.45. The summed E-state index contributed by atoms with van der Waals surface area (Å²) in [6.45, 7) is -2.27. The first-order valence-electron chi connectivity index (χ1n) is 7.78. The van der Waals surface area contributed by atoms with Gasteiger partial charge in [-0.15, -0.1) is 0 Å². The number of nitrogens with one attached hydrogen (secondary N) is 2. The van der Waals surface area contributed by atoms with Crippen LogP contribution in [0.4, 0.5) is 20.2 Å². The van der Waals surface area contributed by atoms with E-state index in [1.54, 1.807) is 29.1 Å². The number of thiocarbonyl (C=S) groups is 1. The van der Waals surface area contributed by atoms with Crippen LogP contribution in [0.2, 0.25) is 0 Å². The molecule has 26 heavy (non-hydrogen) atoms. The van der Waals surface area contributed by atoms with Gasteiger partial charge in [-0.1, -0.05) is 42.5 Å². The fourth-order valence-corrected chi connectivity index (χ4v) is 2.57. The topological polar surface area (TPSA) is 51.1 Å². The van der Waals surface area contributed by atoms with Crippen molar-refractivity contribution in [2.24, 2.45) is 0 Å². The van der Waals surface area contributed by atoms with Gasteiger partial charge in [-0.25, -0.2) is 0 Å². The molecule has 0 radical (unpaired) electrons. The number of hydrogen-bond donors (Lipinski definition) is 2. The maximum absolute atomic E-state index is 12.5. The predicted molar refractivity (Wildman–Crippen MR) is 101 cm³/mol. The van der Waals surface area contributed by atoms with Crippen molar-refractivity contribution < 1.29 is 13.5 Å². The number of rotatable bonds is 6. The van der Waals surface area contributed by atoms with Gasteiger partial charge >= 0.3 is 6.61 Å². The molecule has 3 aromatic rings. The van der Waals surface area contributed by atoms with Crippen molar-refractivity contribution in [1.29, 1.82) is 0 Å². The van der Waals surface area contributed by atoms with E-state index in [0.29, 0.717) is 17.9 Å². The zero-order chi connectivity index (χ0) is 18.4. The third-order valence-electron chi connectivity index (χ3n) is 3.43. The molecule has 0 spiro atoms. The van der Waals surface area contributed by atoms with E-state index in [4.69, 9.17) is 12.2 Å². The Morgan fingerprint density at radius 3 is 2.58 bits per heavy atom. The Morgan fingerprint density at radius 1 is 1.08 bits per heavy atom. The molecule has 0 unspecified atom stereocenters. The monoisotopic (exact) mass is 374 g/mol. The lowest BCUT2D eigenvalue weighted by Crippen LogP contribution is -2.19. The first-order valence-corrected chi connectivity index (χ1v) is 8.19. The molecule has 0 aliphatic rings. The van der Waals surface area contributed by atoms with Crippen LogP contribution < -0.4 is 15.4 Å². The Hall–Kier alpha value is -3.00. The third-order valence-corrected chi connectivity index (χ3v) is 3.63. The molecule has 0 atom stereocenters. The van der Waals surface area contributed by atoms with Crippen LogP contribution in [0.15, 0.2) is 67.0 Å². The highest BCUT2D eigenvalue weighted by atomic mass is 32.1. The molecule has 0 aliphatic carbocycles. The second-order valence-corrected chi connectivity index (χ2v) is 5.77. The van der Waals surface area contributed by atoms with Crippen LogP contribution in [-0.2, 0) is 6.54 Å². The number of anilines is 2. The van der Waals surface area contributed by atoms with Crippen LogP contribution in [0.3, 0.4) is 0 Å². The van der Waals surface area contributed by atoms with E-state index >= 15 is 0 Å². The third kappa shape index (κ3) is 5.00. The first kappa shape index (κ1) is 17.8. The van der Waals surface area contributed by atoms with Gasteiger partial charge in [0.2, 0.25) is 0 Å². The van der Waals surface area contributed by atoms with Crippen molar-refractivity contribution in [2.75, 3.05) is 10.6 Å². The van der Waals surface area contributed by atoms with Crippen LogP contribution in [-0.4, -0.2) is 21.5 Å². The van der Waals surface area contributed by atoms with E-state index in [1.165, 1.54) is 6.07 Å². The minimum absolute atomic E-state index is 0.0198. The molecule has 2 aromatic carbocycles. The standard InChI is InChI=1S/C18H16F2N4OS/c19-17(20)25-16-9-5-4-8-15(16)23-18(26)22-14-10-21-24(12-14)11-13-6-2-1-3-7-13/h1-10,12,17H,11H2,(H2,22,23,26). The zero-order valence-corrected chi connectivity index (χ0v) is 14.4. The predicted octanol–water partition coefficient (Wildman–Crippen LogP) is 4.34. The number of halogens is 2. The summed E-state index contributed by atoms with van der Waals surface area (Å²) < 4.78 is 31.2. The maximum Gasteiger partial charge on any atom is 0.387 e. The molecule has 134 valence electrons. The van der Waals surface area contributed by atoms with Gasteiger partial charge in [0, 0.05) is 6.20 Å². The Balaban J connectivity index is 1.61. The maximum atomic E-state index is 12.5. The summed E-state index contributed by atoms with van der Waals surface area (Å²) in [4.78, 5) is 0. The zero-order valence-electron chi connectivity index (χ0n) is 13.6. The highest BCUT2D eigenvalue weighted by molar-refractivity contribution is 7.80. The van der Waals surface area contributed by atoms with Crippen LogP contribution in [0.5, 0.6) is 5.75 Å². The molecule has 8 heteroatoms. The normalized spacial score (nSPS) is 10.6. The average molecular weight is 374 g/mol. The fraction of sp³-hybridized carbons (Fsp3) is 0.111. The van der Waals surface area contributed by atoms with Crippen molar-refractivity contribution in [3.63, 3.8) is 0 Å². The highest BCUT2D eigenvalue weighted by Crippen LogP contribution is 2.25. The average Bonchev–Trinajstić information content (AvgIpc) is 3.04. The van der Waals surface area contributed by atoms with Crippen molar-refractivity contribution >= 4 is 28.7 Å². The second kappa shape index (κ2) is 8.39. The molecular weight excluding hydrogens is 358 g/mol. The smallest absolute Gasteiger partial charge is 0.387 e. The molecule has 1 aromatic heterocycles. The quantitative estimate of drug-likeness (QED) is 0.629. The second-order valence-electron chi connectivity index (χ2n) is 5.37. The molecule has 5 nitrogen and oxygen atoms in total. The van der Waals surface area contributed by atoms with Crippen molar-refractivity contribution in [2.45, 2.75) is 13.2 Å². The molecule has 0 amide bonds. The minimum Gasteiger partial charge on any atom is -0.433 e. The molecule has 0 fully saturated rings. The summed E-state index contributed by atoms with van der Waals surface area (Å²) in [5.41, 5.74) is 2.16. The summed E-state index contributed by atoms with van der Waals surface area (Å²) in [7, 11) is 0. The molecule has 1 heterocycles. The van der Waals surface area contributed by atoms with Crippen LogP contribution >= 0.6 is 12.2 Å². The minimum atomic E-state index is -2.91. The lowest BCUT2D eigenvalue weighted by atomic mass is 10.2. The van der Waals surface area contributed by atoms with Gasteiger partial charge in [-0.05, 0) is 29.9 Å². The van der Waals surface area contributed by atoms with E-state index in [0.717, 1.165) is 5.56 Å². The number of benzene rings is 2. The van der Waals surface area contributed by atoms with E-state index in [2.05, 4.69) is 20.5 Å². The highest BCUT2D eigenvalue weighted by Gasteiger charge is 2.10. The van der Waals surface area contributed by atoms with Crippen LogP contribution in [0.25, 0.3) is 0 Å². The van der Waals surface area contributed by atoms with Crippen LogP contribution in [0.1, 0.15) is 5.56 Å². The number of para-hydroxylation sites is 2. The molecule has 3 rings (SSSR count). The Bertz CT molecular complexity index is 870. The van der Waals surface area contributed by atoms with Gasteiger partial charge < -0.3 is 15.4 Å². The Labute approximate surface area is 154 Å². The van der Waals surface area contributed by atoms with Gasteiger partial charge in [0.1, 0.15) is 5.75 Å². The lowest BCUT2D eigenvalue weighted by molar-refractivity contribution is -0.0493. The molecule has 2 N–H and O–H groups in total. The van der Waals surface area contributed by atoms with Gasteiger partial charge in [-0.2, -0.15) is 13.9 Å². The number of aromatic nitrogens is 2. The molecule has 0 saturated heterocycles. The first-order chi connectivity index (χ1) is 12.6. The van der Waals surface area contributed by atoms with Crippen LogP contribution in [0, 0.1) is 0 Å². The van der Waals surface area contributed by atoms with Gasteiger partial charge in [0.15, 0.2) is 5.11 Å². The summed E-state index contributed by atoms with van der Waals surface area (Å²) in [5.74, 6) is 0.0198. The van der Waals surface area contributed by atoms with Gasteiger partial charge in [-0.3, -0.25) is 4.68 Å². The molecule has 0 aliphatic heterocycles. The molecular formula is C18H16F2N4OS. The Kier molecular flexibility index (Phi) is 5.75. The summed E-state index contributed by atoms with van der Waals surface area (Å²) in [5, 5.41) is 10.3. The number of hydrogen-bond acceptors (Lipinski definition) is 3. The molecule has 0 bridgehead atoms. The van der Waals surface area contributed by atoms with E-state index in [1.807, 2.05) is 36.5 Å². The van der Waals surface area contributed by atoms with Crippen molar-refractivity contribution in [3.05, 3.63) is 72.6 Å². The van der Waals surface area contributed by atoms with E-state index in [-0.39, 0.29) is 10.9 Å². The summed E-state index contributed by atoms with van der Waals surface area (Å²) >= 11 is 5.23. The SMILES string of the molecule is FC(F)Oc1ccccc1NC(=S)Nc1cnn(Cc2ccccc2)c1.